The van der Waals surface area contributed by atoms with Gasteiger partial charge in [-0.05, 0) is 49.1 Å². The summed E-state index contributed by atoms with van der Waals surface area (Å²) in [4.78, 5) is 40.8. The summed E-state index contributed by atoms with van der Waals surface area (Å²) in [6.45, 7) is 1.65. The van der Waals surface area contributed by atoms with Gasteiger partial charge in [0.1, 0.15) is 17.5 Å². The largest absolute Gasteiger partial charge is 0.497 e. The summed E-state index contributed by atoms with van der Waals surface area (Å²) < 4.78 is 15.6. The Labute approximate surface area is 205 Å². The summed E-state index contributed by atoms with van der Waals surface area (Å²) in [6.07, 6.45) is 1.14. The van der Waals surface area contributed by atoms with E-state index in [4.69, 9.17) is 14.2 Å². The molecule has 0 aromatic heterocycles. The van der Waals surface area contributed by atoms with E-state index < -0.39 is 6.04 Å². The van der Waals surface area contributed by atoms with Crippen LogP contribution in [0.5, 0.6) is 11.5 Å². The van der Waals surface area contributed by atoms with Gasteiger partial charge in [0, 0.05) is 32.3 Å². The van der Waals surface area contributed by atoms with Crippen molar-refractivity contribution in [2.75, 3.05) is 47.6 Å². The number of hydrogen-bond acceptors (Lipinski definition) is 6. The molecule has 1 heterocycles. The Bertz CT molecular complexity index is 1020. The number of benzene rings is 2. The van der Waals surface area contributed by atoms with Gasteiger partial charge in [0.05, 0.1) is 26.4 Å². The van der Waals surface area contributed by atoms with Gasteiger partial charge in [-0.25, -0.2) is 0 Å². The van der Waals surface area contributed by atoms with Gasteiger partial charge in [-0.3, -0.25) is 14.4 Å². The van der Waals surface area contributed by atoms with Crippen molar-refractivity contribution in [1.82, 2.24) is 15.5 Å². The van der Waals surface area contributed by atoms with Crippen LogP contribution in [-0.2, 0) is 9.53 Å². The first-order valence-electron chi connectivity index (χ1n) is 11.6. The second kappa shape index (κ2) is 12.8. The summed E-state index contributed by atoms with van der Waals surface area (Å²) in [7, 11) is 4.63. The predicted octanol–water partition coefficient (Wildman–Crippen LogP) is 2.12. The molecule has 9 heteroatoms. The van der Waals surface area contributed by atoms with Crippen molar-refractivity contribution in [3.63, 3.8) is 0 Å². The number of carbonyl (C=O) groups excluding carboxylic acids is 3. The molecule has 1 atom stereocenters. The maximum atomic E-state index is 13.1. The summed E-state index contributed by atoms with van der Waals surface area (Å²) in [6, 6.07) is 13.2. The van der Waals surface area contributed by atoms with E-state index in [1.807, 2.05) is 6.07 Å². The molecule has 0 radical (unpaired) electrons. The number of hydrogen-bond donors (Lipinski definition) is 2. The lowest BCUT2D eigenvalue weighted by atomic mass is 9.88. The fraction of sp³-hybridized carbons (Fsp3) is 0.423. The SMILES string of the molecule is COCCNC(=O)[C@H](NC(=O)c1cccc(OC)c1)C1CCN(C(=O)c2ccccc2OC)CC1. The van der Waals surface area contributed by atoms with Crippen LogP contribution in [0.15, 0.2) is 48.5 Å². The first kappa shape index (κ1) is 26.0. The third-order valence-electron chi connectivity index (χ3n) is 6.14. The van der Waals surface area contributed by atoms with Crippen LogP contribution in [-0.4, -0.2) is 76.2 Å². The number of para-hydroxylation sites is 1. The van der Waals surface area contributed by atoms with Gasteiger partial charge >= 0.3 is 0 Å². The van der Waals surface area contributed by atoms with Crippen LogP contribution in [0.25, 0.3) is 0 Å². The van der Waals surface area contributed by atoms with Crippen LogP contribution in [0.2, 0.25) is 0 Å². The quantitative estimate of drug-likeness (QED) is 0.502. The fourth-order valence-corrected chi connectivity index (χ4v) is 4.20. The van der Waals surface area contributed by atoms with Crippen LogP contribution in [0, 0.1) is 5.92 Å². The number of amides is 3. The Morgan fingerprint density at radius 2 is 1.74 bits per heavy atom. The van der Waals surface area contributed by atoms with Crippen molar-refractivity contribution < 1.29 is 28.6 Å². The third-order valence-corrected chi connectivity index (χ3v) is 6.14. The minimum absolute atomic E-state index is 0.109. The number of nitrogens with one attached hydrogen (secondary N) is 2. The zero-order valence-corrected chi connectivity index (χ0v) is 20.4. The minimum atomic E-state index is -0.742. The van der Waals surface area contributed by atoms with E-state index in [0.29, 0.717) is 61.7 Å². The molecular formula is C26H33N3O6. The van der Waals surface area contributed by atoms with Crippen LogP contribution >= 0.6 is 0 Å². The number of methoxy groups -OCH3 is 3. The van der Waals surface area contributed by atoms with E-state index >= 15 is 0 Å². The molecule has 0 aliphatic carbocycles. The molecule has 9 nitrogen and oxygen atoms in total. The molecule has 1 saturated heterocycles. The molecule has 35 heavy (non-hydrogen) atoms. The normalized spacial score (nSPS) is 14.7. The maximum absolute atomic E-state index is 13.1. The lowest BCUT2D eigenvalue weighted by molar-refractivity contribution is -0.124. The Kier molecular flexibility index (Phi) is 9.48. The third kappa shape index (κ3) is 6.73. The first-order valence-corrected chi connectivity index (χ1v) is 11.6. The van der Waals surface area contributed by atoms with Crippen LogP contribution in [0.1, 0.15) is 33.6 Å². The molecule has 0 spiro atoms. The highest BCUT2D eigenvalue weighted by Crippen LogP contribution is 2.26. The van der Waals surface area contributed by atoms with Crippen molar-refractivity contribution in [2.24, 2.45) is 5.92 Å². The van der Waals surface area contributed by atoms with E-state index in [9.17, 15) is 14.4 Å². The number of ether oxygens (including phenoxy) is 3. The van der Waals surface area contributed by atoms with E-state index in [1.54, 1.807) is 54.5 Å². The summed E-state index contributed by atoms with van der Waals surface area (Å²) in [5, 5.41) is 5.74. The zero-order chi connectivity index (χ0) is 25.2. The topological polar surface area (TPSA) is 106 Å². The van der Waals surface area contributed by atoms with Gasteiger partial charge < -0.3 is 29.7 Å². The first-order chi connectivity index (χ1) is 17.0. The zero-order valence-electron chi connectivity index (χ0n) is 20.4. The van der Waals surface area contributed by atoms with Gasteiger partial charge in [-0.15, -0.1) is 0 Å². The van der Waals surface area contributed by atoms with Crippen molar-refractivity contribution in [1.29, 1.82) is 0 Å². The smallest absolute Gasteiger partial charge is 0.257 e. The molecular weight excluding hydrogens is 450 g/mol. The van der Waals surface area contributed by atoms with Crippen molar-refractivity contribution >= 4 is 17.7 Å². The summed E-state index contributed by atoms with van der Waals surface area (Å²) in [5.74, 6) is 0.217. The lowest BCUT2D eigenvalue weighted by Gasteiger charge is -2.36. The van der Waals surface area contributed by atoms with E-state index in [1.165, 1.54) is 14.2 Å². The van der Waals surface area contributed by atoms with Gasteiger partial charge in [-0.2, -0.15) is 0 Å². The lowest BCUT2D eigenvalue weighted by Crippen LogP contribution is -2.54. The number of nitrogens with zero attached hydrogens (tertiary/aromatic N) is 1. The van der Waals surface area contributed by atoms with Crippen LogP contribution in [0.3, 0.4) is 0 Å². The molecule has 2 N–H and O–H groups in total. The van der Waals surface area contributed by atoms with E-state index in [2.05, 4.69) is 10.6 Å². The molecule has 0 saturated carbocycles. The number of piperidine rings is 1. The van der Waals surface area contributed by atoms with E-state index in [0.717, 1.165) is 0 Å². The summed E-state index contributed by atoms with van der Waals surface area (Å²) >= 11 is 0. The van der Waals surface area contributed by atoms with Gasteiger partial charge in [-0.1, -0.05) is 18.2 Å². The van der Waals surface area contributed by atoms with Crippen molar-refractivity contribution in [3.8, 4) is 11.5 Å². The molecule has 1 aliphatic rings. The van der Waals surface area contributed by atoms with Gasteiger partial charge in [0.2, 0.25) is 5.91 Å². The average molecular weight is 484 g/mol. The fourth-order valence-electron chi connectivity index (χ4n) is 4.20. The predicted molar refractivity (Wildman–Crippen MR) is 131 cm³/mol. The molecule has 0 unspecified atom stereocenters. The van der Waals surface area contributed by atoms with Crippen molar-refractivity contribution in [3.05, 3.63) is 59.7 Å². The van der Waals surface area contributed by atoms with Crippen LogP contribution in [0.4, 0.5) is 0 Å². The molecule has 188 valence electrons. The molecule has 2 aromatic rings. The van der Waals surface area contributed by atoms with Gasteiger partial charge in [0.15, 0.2) is 0 Å². The molecule has 2 aromatic carbocycles. The van der Waals surface area contributed by atoms with Crippen molar-refractivity contribution in [2.45, 2.75) is 18.9 Å². The highest BCUT2D eigenvalue weighted by molar-refractivity contribution is 5.98. The molecule has 3 amide bonds. The molecule has 1 aliphatic heterocycles. The summed E-state index contributed by atoms with van der Waals surface area (Å²) in [5.41, 5.74) is 0.913. The Balaban J connectivity index is 1.70. The van der Waals surface area contributed by atoms with E-state index in [-0.39, 0.29) is 23.6 Å². The Morgan fingerprint density at radius 1 is 1.00 bits per heavy atom. The number of carbonyl (C=O) groups is 3. The highest BCUT2D eigenvalue weighted by Gasteiger charge is 2.34. The number of likely N-dealkylation sites (tertiary alicyclic amines) is 1. The number of rotatable bonds is 10. The monoisotopic (exact) mass is 483 g/mol. The average Bonchev–Trinajstić information content (AvgIpc) is 2.91. The second-order valence-electron chi connectivity index (χ2n) is 8.30. The minimum Gasteiger partial charge on any atom is -0.497 e. The molecule has 0 bridgehead atoms. The van der Waals surface area contributed by atoms with Gasteiger partial charge in [0.25, 0.3) is 11.8 Å². The Morgan fingerprint density at radius 3 is 2.43 bits per heavy atom. The maximum Gasteiger partial charge on any atom is 0.257 e. The molecule has 1 fully saturated rings. The van der Waals surface area contributed by atoms with Crippen LogP contribution < -0.4 is 20.1 Å². The second-order valence-corrected chi connectivity index (χ2v) is 8.30. The molecule has 3 rings (SSSR count). The Hall–Kier alpha value is -3.59. The standard InChI is InChI=1S/C26H33N3O6/c1-33-16-13-27-25(31)23(28-24(30)19-7-6-8-20(17-19)34-2)18-11-14-29(15-12-18)26(32)21-9-4-5-10-22(21)35-3/h4-10,17-18,23H,11-16H2,1-3H3,(H,27,31)(H,28,30)/t23-/m1/s1. The highest BCUT2D eigenvalue weighted by atomic mass is 16.5.